The zero-order chi connectivity index (χ0) is 14.6. The summed E-state index contributed by atoms with van der Waals surface area (Å²) < 4.78 is 31.7. The standard InChI is InChI=1S/C14H22N2O3S.ClH/c1-11(15)14-4-2-12(3-5-14)8-16-20(17,18)10-13-6-7-19-9-13;/h2-5,11,13,16H,6-10,15H2,1H3;1H. The smallest absolute Gasteiger partial charge is 0.212 e. The molecule has 1 heterocycles. The molecule has 0 radical (unpaired) electrons. The van der Waals surface area contributed by atoms with Crippen molar-refractivity contribution in [2.45, 2.75) is 25.9 Å². The molecule has 0 amide bonds. The average molecular weight is 335 g/mol. The Morgan fingerprint density at radius 2 is 2.05 bits per heavy atom. The minimum atomic E-state index is -3.24. The van der Waals surface area contributed by atoms with Crippen LogP contribution in [-0.4, -0.2) is 27.4 Å². The molecule has 1 aromatic rings. The van der Waals surface area contributed by atoms with Crippen LogP contribution in [0.1, 0.15) is 30.5 Å². The van der Waals surface area contributed by atoms with Gasteiger partial charge < -0.3 is 10.5 Å². The van der Waals surface area contributed by atoms with E-state index in [0.29, 0.717) is 19.8 Å². The van der Waals surface area contributed by atoms with Crippen LogP contribution in [0.2, 0.25) is 0 Å². The number of hydrogen-bond acceptors (Lipinski definition) is 4. The average Bonchev–Trinajstić information content (AvgIpc) is 2.89. The molecule has 0 aromatic heterocycles. The summed E-state index contributed by atoms with van der Waals surface area (Å²) in [5.41, 5.74) is 7.75. The molecule has 1 aromatic carbocycles. The van der Waals surface area contributed by atoms with Gasteiger partial charge in [0.25, 0.3) is 0 Å². The molecule has 1 aliphatic heterocycles. The summed E-state index contributed by atoms with van der Waals surface area (Å²) in [5.74, 6) is 0.262. The lowest BCUT2D eigenvalue weighted by molar-refractivity contribution is 0.188. The van der Waals surface area contributed by atoms with Crippen LogP contribution in [0.4, 0.5) is 0 Å². The minimum absolute atomic E-state index is 0. The molecule has 120 valence electrons. The van der Waals surface area contributed by atoms with Crippen molar-refractivity contribution in [3.63, 3.8) is 0 Å². The van der Waals surface area contributed by atoms with Crippen molar-refractivity contribution in [3.8, 4) is 0 Å². The second-order valence-corrected chi connectivity index (χ2v) is 7.21. The fraction of sp³-hybridized carbons (Fsp3) is 0.571. The SMILES string of the molecule is CC(N)c1ccc(CNS(=O)(=O)CC2CCOC2)cc1.Cl. The fourth-order valence-corrected chi connectivity index (χ4v) is 3.60. The first-order chi connectivity index (χ1) is 9.46. The molecule has 1 aliphatic rings. The summed E-state index contributed by atoms with van der Waals surface area (Å²) in [6.07, 6.45) is 0.823. The third kappa shape index (κ3) is 5.92. The molecular weight excluding hydrogens is 312 g/mol. The van der Waals surface area contributed by atoms with Gasteiger partial charge in [-0.2, -0.15) is 0 Å². The Kier molecular flexibility index (Phi) is 7.09. The number of halogens is 1. The summed E-state index contributed by atoms with van der Waals surface area (Å²) in [7, 11) is -3.24. The summed E-state index contributed by atoms with van der Waals surface area (Å²) in [6, 6.07) is 7.65. The van der Waals surface area contributed by atoms with Crippen molar-refractivity contribution in [1.82, 2.24) is 4.72 Å². The van der Waals surface area contributed by atoms with Crippen molar-refractivity contribution in [3.05, 3.63) is 35.4 Å². The molecule has 0 spiro atoms. The van der Waals surface area contributed by atoms with Crippen molar-refractivity contribution in [2.75, 3.05) is 19.0 Å². The van der Waals surface area contributed by atoms with Gasteiger partial charge >= 0.3 is 0 Å². The van der Waals surface area contributed by atoms with Crippen LogP contribution in [0.5, 0.6) is 0 Å². The van der Waals surface area contributed by atoms with Gasteiger partial charge in [0.1, 0.15) is 0 Å². The maximum absolute atomic E-state index is 11.9. The number of hydrogen-bond donors (Lipinski definition) is 2. The van der Waals surface area contributed by atoms with Crippen LogP contribution >= 0.6 is 12.4 Å². The van der Waals surface area contributed by atoms with Gasteiger partial charge in [0, 0.05) is 19.2 Å². The van der Waals surface area contributed by atoms with Crippen LogP contribution in [-0.2, 0) is 21.3 Å². The second-order valence-electron chi connectivity index (χ2n) is 5.36. The highest BCUT2D eigenvalue weighted by Gasteiger charge is 2.22. The largest absolute Gasteiger partial charge is 0.381 e. The lowest BCUT2D eigenvalue weighted by Crippen LogP contribution is -2.29. The lowest BCUT2D eigenvalue weighted by Gasteiger charge is -2.11. The van der Waals surface area contributed by atoms with Crippen molar-refractivity contribution >= 4 is 22.4 Å². The van der Waals surface area contributed by atoms with Crippen molar-refractivity contribution < 1.29 is 13.2 Å². The van der Waals surface area contributed by atoms with Gasteiger partial charge in [-0.05, 0) is 30.4 Å². The molecule has 2 rings (SSSR count). The molecule has 0 saturated carbocycles. The molecule has 21 heavy (non-hydrogen) atoms. The van der Waals surface area contributed by atoms with Crippen LogP contribution < -0.4 is 10.5 Å². The van der Waals surface area contributed by atoms with E-state index in [9.17, 15) is 8.42 Å². The van der Waals surface area contributed by atoms with E-state index in [1.807, 2.05) is 31.2 Å². The highest BCUT2D eigenvalue weighted by atomic mass is 35.5. The van der Waals surface area contributed by atoms with E-state index in [4.69, 9.17) is 10.5 Å². The molecule has 5 nitrogen and oxygen atoms in total. The van der Waals surface area contributed by atoms with E-state index in [1.165, 1.54) is 0 Å². The predicted octanol–water partition coefficient (Wildman–Crippen LogP) is 1.58. The first kappa shape index (κ1) is 18.4. The van der Waals surface area contributed by atoms with Gasteiger partial charge in [-0.3, -0.25) is 0 Å². The number of benzene rings is 1. The van der Waals surface area contributed by atoms with E-state index in [1.54, 1.807) is 0 Å². The van der Waals surface area contributed by atoms with Crippen molar-refractivity contribution in [2.24, 2.45) is 11.7 Å². The van der Waals surface area contributed by atoms with Gasteiger partial charge in [0.05, 0.1) is 12.4 Å². The topological polar surface area (TPSA) is 81.4 Å². The van der Waals surface area contributed by atoms with Crippen LogP contribution in [0.25, 0.3) is 0 Å². The Labute approximate surface area is 132 Å². The van der Waals surface area contributed by atoms with Crippen LogP contribution in [0, 0.1) is 5.92 Å². The van der Waals surface area contributed by atoms with E-state index >= 15 is 0 Å². The quantitative estimate of drug-likeness (QED) is 0.827. The van der Waals surface area contributed by atoms with Gasteiger partial charge in [-0.1, -0.05) is 24.3 Å². The van der Waals surface area contributed by atoms with Gasteiger partial charge in [0.2, 0.25) is 10.0 Å². The fourth-order valence-electron chi connectivity index (χ4n) is 2.22. The number of rotatable bonds is 6. The Morgan fingerprint density at radius 3 is 2.57 bits per heavy atom. The number of nitrogens with two attached hydrogens (primary N) is 1. The molecule has 0 bridgehead atoms. The van der Waals surface area contributed by atoms with Gasteiger partial charge in [0.15, 0.2) is 0 Å². The van der Waals surface area contributed by atoms with Crippen LogP contribution in [0.15, 0.2) is 24.3 Å². The zero-order valence-corrected chi connectivity index (χ0v) is 13.8. The third-order valence-corrected chi connectivity index (χ3v) is 4.98. The number of nitrogens with one attached hydrogen (secondary N) is 1. The van der Waals surface area contributed by atoms with E-state index in [-0.39, 0.29) is 30.1 Å². The Bertz CT molecular complexity index is 526. The summed E-state index contributed by atoms with van der Waals surface area (Å²) in [6.45, 7) is 3.44. The van der Waals surface area contributed by atoms with E-state index in [0.717, 1.165) is 17.5 Å². The third-order valence-electron chi connectivity index (χ3n) is 3.48. The number of ether oxygens (including phenoxy) is 1. The molecule has 7 heteroatoms. The predicted molar refractivity (Wildman–Crippen MR) is 85.8 cm³/mol. The van der Waals surface area contributed by atoms with Gasteiger partial charge in [-0.25, -0.2) is 13.1 Å². The first-order valence-corrected chi connectivity index (χ1v) is 8.51. The molecule has 2 atom stereocenters. The minimum Gasteiger partial charge on any atom is -0.381 e. The molecular formula is C14H23ClN2O3S. The molecule has 1 fully saturated rings. The Morgan fingerprint density at radius 1 is 1.38 bits per heavy atom. The van der Waals surface area contributed by atoms with E-state index < -0.39 is 10.0 Å². The highest BCUT2D eigenvalue weighted by molar-refractivity contribution is 7.89. The maximum atomic E-state index is 11.9. The van der Waals surface area contributed by atoms with Crippen LogP contribution in [0.3, 0.4) is 0 Å². The summed E-state index contributed by atoms with van der Waals surface area (Å²) in [5, 5.41) is 0. The first-order valence-electron chi connectivity index (χ1n) is 6.86. The van der Waals surface area contributed by atoms with Crippen molar-refractivity contribution in [1.29, 1.82) is 0 Å². The summed E-state index contributed by atoms with van der Waals surface area (Å²) >= 11 is 0. The Hall–Kier alpha value is -0.660. The second kappa shape index (κ2) is 8.10. The Balaban J connectivity index is 0.00000220. The monoisotopic (exact) mass is 334 g/mol. The highest BCUT2D eigenvalue weighted by Crippen LogP contribution is 2.15. The lowest BCUT2D eigenvalue weighted by atomic mass is 10.1. The summed E-state index contributed by atoms with van der Waals surface area (Å²) in [4.78, 5) is 0. The van der Waals surface area contributed by atoms with Gasteiger partial charge in [-0.15, -0.1) is 12.4 Å². The molecule has 1 saturated heterocycles. The normalized spacial score (nSPS) is 20.0. The number of sulfonamides is 1. The maximum Gasteiger partial charge on any atom is 0.212 e. The zero-order valence-electron chi connectivity index (χ0n) is 12.1. The molecule has 2 unspecified atom stereocenters. The van der Waals surface area contributed by atoms with E-state index in [2.05, 4.69) is 4.72 Å². The molecule has 0 aliphatic carbocycles. The molecule has 3 N–H and O–H groups in total.